The monoisotopic (exact) mass is 452 g/mol. The molecule has 0 spiro atoms. The van der Waals surface area contributed by atoms with Crippen LogP contribution in [0, 0.1) is 5.82 Å². The van der Waals surface area contributed by atoms with Crippen LogP contribution < -0.4 is 0 Å². The van der Waals surface area contributed by atoms with Gasteiger partial charge >= 0.3 is 6.18 Å². The van der Waals surface area contributed by atoms with E-state index in [0.29, 0.717) is 37.6 Å². The first-order valence-electron chi connectivity index (χ1n) is 9.72. The van der Waals surface area contributed by atoms with Crippen LogP contribution in [0.4, 0.5) is 17.6 Å². The summed E-state index contributed by atoms with van der Waals surface area (Å²) in [6, 6.07) is 9.14. The molecule has 3 aromatic rings. The van der Waals surface area contributed by atoms with Gasteiger partial charge in [0.15, 0.2) is 5.69 Å². The summed E-state index contributed by atoms with van der Waals surface area (Å²) >= 11 is 1.28. The Balaban J connectivity index is 1.31. The SMILES string of the molecule is O=C(c1cc(Cn2ccc(C(F)(F)F)n2)cs1)N1CCN(Cc2cccc(F)c2)CC1. The lowest BCUT2D eigenvalue weighted by Crippen LogP contribution is -2.48. The molecule has 0 N–H and O–H groups in total. The van der Waals surface area contributed by atoms with E-state index in [2.05, 4.69) is 10.00 Å². The van der Waals surface area contributed by atoms with Gasteiger partial charge in [-0.3, -0.25) is 14.4 Å². The van der Waals surface area contributed by atoms with Crippen molar-refractivity contribution in [2.75, 3.05) is 26.2 Å². The molecule has 5 nitrogen and oxygen atoms in total. The van der Waals surface area contributed by atoms with Crippen molar-refractivity contribution in [3.8, 4) is 0 Å². The Morgan fingerprint density at radius 2 is 1.81 bits per heavy atom. The van der Waals surface area contributed by atoms with Crippen LogP contribution in [0.1, 0.15) is 26.5 Å². The van der Waals surface area contributed by atoms with Crippen LogP contribution >= 0.6 is 11.3 Å². The maximum atomic E-state index is 13.3. The lowest BCUT2D eigenvalue weighted by molar-refractivity contribution is -0.141. The summed E-state index contributed by atoms with van der Waals surface area (Å²) in [6.45, 7) is 3.31. The predicted molar refractivity (Wildman–Crippen MR) is 108 cm³/mol. The molecule has 1 aliphatic heterocycles. The Kier molecular flexibility index (Phi) is 6.10. The van der Waals surface area contributed by atoms with Crippen LogP contribution in [-0.2, 0) is 19.3 Å². The number of alkyl halides is 3. The van der Waals surface area contributed by atoms with Crippen LogP contribution in [-0.4, -0.2) is 51.7 Å². The Morgan fingerprint density at radius 1 is 1.03 bits per heavy atom. The summed E-state index contributed by atoms with van der Waals surface area (Å²) in [5.41, 5.74) is 0.694. The second-order valence-corrected chi connectivity index (χ2v) is 8.33. The number of hydrogen-bond donors (Lipinski definition) is 0. The smallest absolute Gasteiger partial charge is 0.335 e. The second kappa shape index (κ2) is 8.80. The van der Waals surface area contributed by atoms with Crippen molar-refractivity contribution in [3.05, 3.63) is 75.5 Å². The first-order valence-corrected chi connectivity index (χ1v) is 10.6. The lowest BCUT2D eigenvalue weighted by Gasteiger charge is -2.34. The fourth-order valence-corrected chi connectivity index (χ4v) is 4.39. The highest BCUT2D eigenvalue weighted by molar-refractivity contribution is 7.12. The van der Waals surface area contributed by atoms with E-state index in [1.165, 1.54) is 34.3 Å². The number of carbonyl (C=O) groups is 1. The van der Waals surface area contributed by atoms with Crippen molar-refractivity contribution in [1.82, 2.24) is 19.6 Å². The molecule has 0 radical (unpaired) electrons. The average molecular weight is 452 g/mol. The van der Waals surface area contributed by atoms with E-state index in [1.807, 2.05) is 6.07 Å². The number of piperazine rings is 1. The highest BCUT2D eigenvalue weighted by Crippen LogP contribution is 2.27. The normalized spacial score (nSPS) is 15.4. The molecule has 0 bridgehead atoms. The number of benzene rings is 1. The van der Waals surface area contributed by atoms with Crippen molar-refractivity contribution in [1.29, 1.82) is 0 Å². The van der Waals surface area contributed by atoms with Crippen LogP contribution in [0.5, 0.6) is 0 Å². The molecule has 10 heteroatoms. The van der Waals surface area contributed by atoms with E-state index in [0.717, 1.165) is 17.2 Å². The van der Waals surface area contributed by atoms with E-state index < -0.39 is 11.9 Å². The number of aromatic nitrogens is 2. The van der Waals surface area contributed by atoms with E-state index in [-0.39, 0.29) is 18.3 Å². The predicted octanol–water partition coefficient (Wildman–Crippen LogP) is 4.11. The van der Waals surface area contributed by atoms with Crippen molar-refractivity contribution in [2.24, 2.45) is 0 Å². The molecular weight excluding hydrogens is 432 g/mol. The number of amides is 1. The van der Waals surface area contributed by atoms with Crippen molar-refractivity contribution in [2.45, 2.75) is 19.3 Å². The first-order chi connectivity index (χ1) is 14.8. The number of halogens is 4. The van der Waals surface area contributed by atoms with Gasteiger partial charge < -0.3 is 4.90 Å². The molecule has 1 saturated heterocycles. The number of hydrogen-bond acceptors (Lipinski definition) is 4. The van der Waals surface area contributed by atoms with Gasteiger partial charge in [-0.15, -0.1) is 11.3 Å². The molecule has 164 valence electrons. The minimum atomic E-state index is -4.47. The van der Waals surface area contributed by atoms with Gasteiger partial charge in [0.1, 0.15) is 5.82 Å². The van der Waals surface area contributed by atoms with Gasteiger partial charge in [0.05, 0.1) is 11.4 Å². The zero-order chi connectivity index (χ0) is 22.0. The Hall–Kier alpha value is -2.72. The maximum Gasteiger partial charge on any atom is 0.435 e. The van der Waals surface area contributed by atoms with Gasteiger partial charge in [-0.05, 0) is 40.8 Å². The highest BCUT2D eigenvalue weighted by Gasteiger charge is 2.33. The molecule has 0 saturated carbocycles. The molecule has 1 aromatic carbocycles. The third-order valence-corrected chi connectivity index (χ3v) is 6.06. The van der Waals surface area contributed by atoms with Gasteiger partial charge in [-0.2, -0.15) is 18.3 Å². The summed E-state index contributed by atoms with van der Waals surface area (Å²) in [5, 5.41) is 5.31. The van der Waals surface area contributed by atoms with Crippen molar-refractivity contribution >= 4 is 17.2 Å². The topological polar surface area (TPSA) is 41.4 Å². The number of thiophene rings is 1. The largest absolute Gasteiger partial charge is 0.435 e. The van der Waals surface area contributed by atoms with Crippen LogP contribution in [0.2, 0.25) is 0 Å². The van der Waals surface area contributed by atoms with Crippen molar-refractivity contribution in [3.63, 3.8) is 0 Å². The van der Waals surface area contributed by atoms with Gasteiger partial charge in [0.2, 0.25) is 0 Å². The molecule has 0 aliphatic carbocycles. The Bertz CT molecular complexity index is 1050. The summed E-state index contributed by atoms with van der Waals surface area (Å²) in [7, 11) is 0. The molecule has 0 atom stereocenters. The van der Waals surface area contributed by atoms with Crippen LogP contribution in [0.15, 0.2) is 48.0 Å². The van der Waals surface area contributed by atoms with Crippen LogP contribution in [0.3, 0.4) is 0 Å². The van der Waals surface area contributed by atoms with Crippen LogP contribution in [0.25, 0.3) is 0 Å². The third-order valence-electron chi connectivity index (χ3n) is 5.09. The zero-order valence-electron chi connectivity index (χ0n) is 16.5. The Labute approximate surface area is 180 Å². The van der Waals surface area contributed by atoms with E-state index >= 15 is 0 Å². The van der Waals surface area contributed by atoms with Gasteiger partial charge in [-0.1, -0.05) is 12.1 Å². The molecule has 1 fully saturated rings. The number of carbonyl (C=O) groups excluding carboxylic acids is 1. The average Bonchev–Trinajstić information content (AvgIpc) is 3.38. The summed E-state index contributed by atoms with van der Waals surface area (Å²) < 4.78 is 52.6. The second-order valence-electron chi connectivity index (χ2n) is 7.41. The quantitative estimate of drug-likeness (QED) is 0.548. The fraction of sp³-hybridized carbons (Fsp3) is 0.333. The van der Waals surface area contributed by atoms with Gasteiger partial charge in [-0.25, -0.2) is 4.39 Å². The molecule has 4 rings (SSSR count). The molecule has 2 aromatic heterocycles. The molecule has 31 heavy (non-hydrogen) atoms. The number of rotatable bonds is 5. The van der Waals surface area contributed by atoms with E-state index in [9.17, 15) is 22.4 Å². The van der Waals surface area contributed by atoms with Gasteiger partial charge in [0.25, 0.3) is 5.91 Å². The van der Waals surface area contributed by atoms with E-state index in [4.69, 9.17) is 0 Å². The minimum absolute atomic E-state index is 0.0851. The summed E-state index contributed by atoms with van der Waals surface area (Å²) in [5.74, 6) is -0.345. The van der Waals surface area contributed by atoms with E-state index in [1.54, 1.807) is 22.4 Å². The standard InChI is InChI=1S/C21H20F4N4OS/c22-17-3-1-2-15(10-17)12-27-6-8-28(9-7-27)20(30)18-11-16(14-31-18)13-29-5-4-19(26-29)21(23,24)25/h1-5,10-11,14H,6-9,12-13H2. The number of nitrogens with zero attached hydrogens (tertiary/aromatic N) is 4. The molecular formula is C21H20F4N4OS. The molecule has 1 amide bonds. The summed E-state index contributed by atoms with van der Waals surface area (Å²) in [6.07, 6.45) is -3.20. The molecule has 0 unspecified atom stereocenters. The maximum absolute atomic E-state index is 13.3. The lowest BCUT2D eigenvalue weighted by atomic mass is 10.2. The Morgan fingerprint density at radius 3 is 2.48 bits per heavy atom. The van der Waals surface area contributed by atoms with Crippen molar-refractivity contribution < 1.29 is 22.4 Å². The minimum Gasteiger partial charge on any atom is -0.335 e. The zero-order valence-corrected chi connectivity index (χ0v) is 17.3. The molecule has 3 heterocycles. The first kappa shape index (κ1) is 21.5. The third kappa shape index (κ3) is 5.31. The summed E-state index contributed by atoms with van der Waals surface area (Å²) in [4.78, 5) is 17.3. The van der Waals surface area contributed by atoms with Gasteiger partial charge in [0, 0.05) is 38.9 Å². The fourth-order valence-electron chi connectivity index (χ4n) is 3.52. The molecule has 1 aliphatic rings. The highest BCUT2D eigenvalue weighted by atomic mass is 32.1.